The fourth-order valence-corrected chi connectivity index (χ4v) is 4.26. The van der Waals surface area contributed by atoms with Crippen molar-refractivity contribution in [1.29, 1.82) is 0 Å². The molecular weight excluding hydrogens is 295 g/mol. The van der Waals surface area contributed by atoms with Gasteiger partial charge in [0.2, 0.25) is 0 Å². The Balaban J connectivity index is 1.79. The fourth-order valence-electron chi connectivity index (χ4n) is 2.30. The van der Waals surface area contributed by atoms with E-state index >= 15 is 0 Å². The maximum atomic E-state index is 2.29. The van der Waals surface area contributed by atoms with Gasteiger partial charge in [0.25, 0.3) is 0 Å². The Morgan fingerprint density at radius 3 is 1.79 bits per heavy atom. The Morgan fingerprint density at radius 2 is 1.21 bits per heavy atom. The van der Waals surface area contributed by atoms with Crippen molar-refractivity contribution >= 4 is 19.4 Å². The molecule has 0 nitrogen and oxygen atoms in total. The molecule has 0 radical (unpaired) electrons. The Morgan fingerprint density at radius 1 is 0.684 bits per heavy atom. The van der Waals surface area contributed by atoms with Gasteiger partial charge >= 0.3 is 126 Å². The van der Waals surface area contributed by atoms with Crippen LogP contribution in [0.25, 0.3) is 0 Å². The Bertz CT molecular complexity index is 281. The first-order chi connectivity index (χ1) is 9.43. The van der Waals surface area contributed by atoms with Gasteiger partial charge < -0.3 is 0 Å². The van der Waals surface area contributed by atoms with Crippen molar-refractivity contribution in [2.45, 2.75) is 76.5 Å². The average molecular weight is 325 g/mol. The second-order valence-corrected chi connectivity index (χ2v) is 7.79. The molecule has 1 heteroatoms. The molecule has 19 heavy (non-hydrogen) atoms. The normalized spacial score (nSPS) is 10.8. The van der Waals surface area contributed by atoms with Crippen LogP contribution < -0.4 is 4.46 Å². The van der Waals surface area contributed by atoms with Crippen LogP contribution in [0.1, 0.15) is 71.1 Å². The molecule has 0 aliphatic carbocycles. The van der Waals surface area contributed by atoms with E-state index in [9.17, 15) is 0 Å². The summed E-state index contributed by atoms with van der Waals surface area (Å²) in [5.41, 5.74) is 0. The predicted molar refractivity (Wildman–Crippen MR) is 88.5 cm³/mol. The summed E-state index contributed by atoms with van der Waals surface area (Å²) in [5.74, 6) is 0. The van der Waals surface area contributed by atoms with Crippen LogP contribution in [0, 0.1) is 0 Å². The summed E-state index contributed by atoms with van der Waals surface area (Å²) in [7, 11) is 0. The van der Waals surface area contributed by atoms with Gasteiger partial charge in [-0.1, -0.05) is 0 Å². The van der Waals surface area contributed by atoms with Crippen molar-refractivity contribution in [2.75, 3.05) is 0 Å². The molecule has 0 N–H and O–H groups in total. The first-order valence-electron chi connectivity index (χ1n) is 8.11. The third-order valence-electron chi connectivity index (χ3n) is 3.51. The standard InChI is InChI=1S/C18H30Se/c1-2-3-4-5-6-7-8-9-10-14-17-19-18-15-12-11-13-16-18/h11-13,15-16H,2-10,14,17H2,1H3. The molecule has 1 rings (SSSR count). The zero-order chi connectivity index (χ0) is 13.6. The van der Waals surface area contributed by atoms with Crippen molar-refractivity contribution in [3.05, 3.63) is 30.3 Å². The van der Waals surface area contributed by atoms with Crippen molar-refractivity contribution in [2.24, 2.45) is 0 Å². The molecule has 108 valence electrons. The second-order valence-electron chi connectivity index (χ2n) is 5.34. The molecule has 0 atom stereocenters. The van der Waals surface area contributed by atoms with E-state index in [0.29, 0.717) is 15.0 Å². The van der Waals surface area contributed by atoms with Crippen LogP contribution in [0.5, 0.6) is 0 Å². The summed E-state index contributed by atoms with van der Waals surface area (Å²) in [6.07, 6.45) is 14.4. The minimum absolute atomic E-state index is 0.710. The summed E-state index contributed by atoms with van der Waals surface area (Å²) in [5, 5.41) is 1.42. The number of hydrogen-bond acceptors (Lipinski definition) is 0. The summed E-state index contributed by atoms with van der Waals surface area (Å²) >= 11 is 0.710. The van der Waals surface area contributed by atoms with Crippen molar-refractivity contribution in [1.82, 2.24) is 0 Å². The topological polar surface area (TPSA) is 0 Å². The number of hydrogen-bond donors (Lipinski definition) is 0. The van der Waals surface area contributed by atoms with Gasteiger partial charge in [-0.25, -0.2) is 0 Å². The molecule has 0 bridgehead atoms. The van der Waals surface area contributed by atoms with Gasteiger partial charge in [0.15, 0.2) is 0 Å². The quantitative estimate of drug-likeness (QED) is 0.359. The molecule has 1 aromatic carbocycles. The van der Waals surface area contributed by atoms with Crippen LogP contribution >= 0.6 is 0 Å². The predicted octanol–water partition coefficient (Wildman–Crippen LogP) is 5.36. The molecule has 0 amide bonds. The third-order valence-corrected chi connectivity index (χ3v) is 5.81. The van der Waals surface area contributed by atoms with Gasteiger partial charge in [-0.2, -0.15) is 0 Å². The van der Waals surface area contributed by atoms with E-state index in [-0.39, 0.29) is 0 Å². The van der Waals surface area contributed by atoms with Gasteiger partial charge in [0.1, 0.15) is 0 Å². The summed E-state index contributed by atoms with van der Waals surface area (Å²) in [4.78, 5) is 0. The molecule has 0 aliphatic heterocycles. The van der Waals surface area contributed by atoms with Gasteiger partial charge in [-0.3, -0.25) is 0 Å². The van der Waals surface area contributed by atoms with Gasteiger partial charge in [0, 0.05) is 0 Å². The van der Waals surface area contributed by atoms with Gasteiger partial charge in [-0.05, 0) is 0 Å². The van der Waals surface area contributed by atoms with Crippen molar-refractivity contribution < 1.29 is 0 Å². The monoisotopic (exact) mass is 326 g/mol. The van der Waals surface area contributed by atoms with Gasteiger partial charge in [-0.15, -0.1) is 0 Å². The molecule has 0 unspecified atom stereocenters. The Labute approximate surface area is 126 Å². The molecule has 0 saturated heterocycles. The van der Waals surface area contributed by atoms with Crippen LogP contribution in [-0.2, 0) is 0 Å². The second kappa shape index (κ2) is 12.8. The molecule has 0 spiro atoms. The molecule has 1 aromatic rings. The zero-order valence-corrected chi connectivity index (χ0v) is 14.3. The van der Waals surface area contributed by atoms with E-state index in [2.05, 4.69) is 37.3 Å². The molecule has 0 saturated carbocycles. The van der Waals surface area contributed by atoms with E-state index in [1.807, 2.05) is 0 Å². The third kappa shape index (κ3) is 10.2. The van der Waals surface area contributed by atoms with E-state index in [1.54, 1.807) is 4.46 Å². The minimum atomic E-state index is 0.710. The number of unbranched alkanes of at least 4 members (excludes halogenated alkanes) is 9. The Kier molecular flexibility index (Phi) is 11.3. The van der Waals surface area contributed by atoms with Crippen molar-refractivity contribution in [3.63, 3.8) is 0 Å². The SMILES string of the molecule is CCCCCCCCCCCC[Se]c1ccccc1. The molecular formula is C18H30Se. The van der Waals surface area contributed by atoms with E-state index in [0.717, 1.165) is 0 Å². The van der Waals surface area contributed by atoms with Crippen LogP contribution in [0.15, 0.2) is 30.3 Å². The van der Waals surface area contributed by atoms with E-state index < -0.39 is 0 Å². The van der Waals surface area contributed by atoms with Gasteiger partial charge in [0.05, 0.1) is 0 Å². The van der Waals surface area contributed by atoms with E-state index in [1.165, 1.54) is 69.5 Å². The molecule has 0 aliphatic rings. The molecule has 0 fully saturated rings. The number of benzene rings is 1. The average Bonchev–Trinajstić information content (AvgIpc) is 2.46. The first kappa shape index (κ1) is 16.8. The van der Waals surface area contributed by atoms with Crippen molar-refractivity contribution in [3.8, 4) is 0 Å². The van der Waals surface area contributed by atoms with Crippen LogP contribution in [0.2, 0.25) is 5.32 Å². The summed E-state index contributed by atoms with van der Waals surface area (Å²) in [6.45, 7) is 2.29. The fraction of sp³-hybridized carbons (Fsp3) is 0.667. The Hall–Kier alpha value is -0.261. The summed E-state index contributed by atoms with van der Waals surface area (Å²) in [6, 6.07) is 11.0. The summed E-state index contributed by atoms with van der Waals surface area (Å²) < 4.78 is 1.56. The number of rotatable bonds is 12. The van der Waals surface area contributed by atoms with E-state index in [4.69, 9.17) is 0 Å². The maximum absolute atomic E-state index is 2.29. The first-order valence-corrected chi connectivity index (χ1v) is 10.2. The van der Waals surface area contributed by atoms with Crippen LogP contribution in [0.3, 0.4) is 0 Å². The molecule has 0 aromatic heterocycles. The van der Waals surface area contributed by atoms with Crippen LogP contribution in [-0.4, -0.2) is 15.0 Å². The molecule has 0 heterocycles. The zero-order valence-electron chi connectivity index (χ0n) is 12.6. The van der Waals surface area contributed by atoms with Crippen LogP contribution in [0.4, 0.5) is 0 Å².